The topological polar surface area (TPSA) is 69.8 Å². The van der Waals surface area contributed by atoms with Crippen molar-refractivity contribution in [3.05, 3.63) is 60.1 Å². The number of halogens is 1. The van der Waals surface area contributed by atoms with E-state index in [1.807, 2.05) is 25.1 Å². The Morgan fingerprint density at radius 3 is 2.54 bits per heavy atom. The first kappa shape index (κ1) is 20.5. The van der Waals surface area contributed by atoms with Gasteiger partial charge in [0.05, 0.1) is 18.8 Å². The largest absolute Gasteiger partial charge is 0.466 e. The van der Waals surface area contributed by atoms with Crippen LogP contribution in [0.15, 0.2) is 58.1 Å². The summed E-state index contributed by atoms with van der Waals surface area (Å²) < 4.78 is 5.28. The molecule has 2 atom stereocenters. The lowest BCUT2D eigenvalue weighted by Gasteiger charge is -2.21. The number of nitrogens with zero attached hydrogens (tertiary/aromatic N) is 1. The molecule has 24 heavy (non-hydrogen) atoms. The lowest BCUT2D eigenvalue weighted by atomic mass is 10.0. The van der Waals surface area contributed by atoms with Crippen LogP contribution in [0.25, 0.3) is 0 Å². The number of guanidine groups is 1. The number of hydrogen-bond acceptors (Lipinski definition) is 3. The van der Waals surface area contributed by atoms with Gasteiger partial charge in [-0.25, -0.2) is 4.99 Å². The average Bonchev–Trinajstić information content (AvgIpc) is 3.09. The molecule has 6 heteroatoms. The van der Waals surface area contributed by atoms with Crippen molar-refractivity contribution in [2.24, 2.45) is 4.99 Å². The second kappa shape index (κ2) is 9.68. The molecule has 2 unspecified atom stereocenters. The molecule has 0 amide bonds. The Labute approximate surface area is 160 Å². The molecule has 1 heterocycles. The van der Waals surface area contributed by atoms with E-state index in [4.69, 9.17) is 4.42 Å². The highest BCUT2D eigenvalue weighted by atomic mass is 127. The second-order valence-corrected chi connectivity index (χ2v) is 5.72. The first-order valence-corrected chi connectivity index (χ1v) is 7.89. The van der Waals surface area contributed by atoms with Crippen molar-refractivity contribution in [1.82, 2.24) is 10.6 Å². The molecule has 3 N–H and O–H groups in total. The Balaban J connectivity index is 0.00000288. The van der Waals surface area contributed by atoms with Gasteiger partial charge in [-0.1, -0.05) is 30.3 Å². The van der Waals surface area contributed by atoms with Crippen LogP contribution in [0.1, 0.15) is 38.1 Å². The fourth-order valence-corrected chi connectivity index (χ4v) is 2.25. The molecular formula is C18H26IN3O2. The number of benzene rings is 1. The molecular weight excluding hydrogens is 417 g/mol. The van der Waals surface area contributed by atoms with Gasteiger partial charge in [-0.05, 0) is 38.5 Å². The summed E-state index contributed by atoms with van der Waals surface area (Å²) in [4.78, 5) is 4.49. The monoisotopic (exact) mass is 443 g/mol. The van der Waals surface area contributed by atoms with Gasteiger partial charge in [0.2, 0.25) is 0 Å². The number of nitrogens with one attached hydrogen (secondary N) is 2. The second-order valence-electron chi connectivity index (χ2n) is 5.72. The quantitative estimate of drug-likeness (QED) is 0.364. The minimum absolute atomic E-state index is 0. The first-order chi connectivity index (χ1) is 11.0. The first-order valence-electron chi connectivity index (χ1n) is 7.89. The van der Waals surface area contributed by atoms with Gasteiger partial charge in [-0.3, -0.25) is 0 Å². The van der Waals surface area contributed by atoms with Crippen LogP contribution in [0.4, 0.5) is 0 Å². The SMILES string of the molecule is CCNC(=NCC(C)(O)c1ccco1)NC(C)c1ccccc1.I. The van der Waals surface area contributed by atoms with Gasteiger partial charge in [0.15, 0.2) is 5.96 Å². The van der Waals surface area contributed by atoms with E-state index in [2.05, 4.69) is 34.7 Å². The molecule has 0 saturated heterocycles. The third-order valence-electron chi connectivity index (χ3n) is 3.59. The van der Waals surface area contributed by atoms with Crippen molar-refractivity contribution in [2.75, 3.05) is 13.1 Å². The minimum atomic E-state index is -1.14. The number of aliphatic hydroxyl groups is 1. The number of furan rings is 1. The van der Waals surface area contributed by atoms with Crippen molar-refractivity contribution in [2.45, 2.75) is 32.4 Å². The third-order valence-corrected chi connectivity index (χ3v) is 3.59. The van der Waals surface area contributed by atoms with E-state index in [9.17, 15) is 5.11 Å². The van der Waals surface area contributed by atoms with Crippen molar-refractivity contribution in [3.8, 4) is 0 Å². The van der Waals surface area contributed by atoms with Crippen LogP contribution in [0, 0.1) is 0 Å². The van der Waals surface area contributed by atoms with Gasteiger partial charge in [-0.2, -0.15) is 0 Å². The Kier molecular flexibility index (Phi) is 8.27. The third kappa shape index (κ3) is 5.83. The van der Waals surface area contributed by atoms with E-state index < -0.39 is 5.60 Å². The highest BCUT2D eigenvalue weighted by Gasteiger charge is 2.26. The van der Waals surface area contributed by atoms with Gasteiger partial charge in [0, 0.05) is 6.54 Å². The Morgan fingerprint density at radius 2 is 1.96 bits per heavy atom. The molecule has 0 spiro atoms. The van der Waals surface area contributed by atoms with Crippen LogP contribution >= 0.6 is 24.0 Å². The number of rotatable bonds is 6. The summed E-state index contributed by atoms with van der Waals surface area (Å²) in [5.41, 5.74) is 0.0397. The van der Waals surface area contributed by atoms with Gasteiger partial charge in [0.25, 0.3) is 0 Å². The lowest BCUT2D eigenvalue weighted by molar-refractivity contribution is 0.0437. The summed E-state index contributed by atoms with van der Waals surface area (Å²) in [5, 5.41) is 17.0. The molecule has 1 aromatic carbocycles. The lowest BCUT2D eigenvalue weighted by Crippen LogP contribution is -2.40. The average molecular weight is 443 g/mol. The fraction of sp³-hybridized carbons (Fsp3) is 0.389. The van der Waals surface area contributed by atoms with Crippen LogP contribution in [0.5, 0.6) is 0 Å². The predicted molar refractivity (Wildman–Crippen MR) is 108 cm³/mol. The minimum Gasteiger partial charge on any atom is -0.466 e. The van der Waals surface area contributed by atoms with E-state index in [1.54, 1.807) is 25.3 Å². The van der Waals surface area contributed by atoms with Gasteiger partial charge >= 0.3 is 0 Å². The normalized spacial score (nSPS) is 15.1. The van der Waals surface area contributed by atoms with Crippen LogP contribution in [-0.2, 0) is 5.60 Å². The molecule has 1 aromatic heterocycles. The van der Waals surface area contributed by atoms with Gasteiger partial charge in [0.1, 0.15) is 11.4 Å². The van der Waals surface area contributed by atoms with Crippen molar-refractivity contribution in [3.63, 3.8) is 0 Å². The van der Waals surface area contributed by atoms with Crippen LogP contribution in [0.2, 0.25) is 0 Å². The molecule has 0 aliphatic carbocycles. The van der Waals surface area contributed by atoms with E-state index in [0.29, 0.717) is 11.7 Å². The summed E-state index contributed by atoms with van der Waals surface area (Å²) in [7, 11) is 0. The summed E-state index contributed by atoms with van der Waals surface area (Å²) in [6, 6.07) is 13.8. The highest BCUT2D eigenvalue weighted by molar-refractivity contribution is 14.0. The van der Waals surface area contributed by atoms with Crippen LogP contribution in [0.3, 0.4) is 0 Å². The summed E-state index contributed by atoms with van der Waals surface area (Å²) in [6.07, 6.45) is 1.55. The predicted octanol–water partition coefficient (Wildman–Crippen LogP) is 3.42. The molecule has 0 radical (unpaired) electrons. The van der Waals surface area contributed by atoms with Crippen LogP contribution < -0.4 is 10.6 Å². The van der Waals surface area contributed by atoms with E-state index in [-0.39, 0.29) is 36.6 Å². The molecule has 132 valence electrons. The molecule has 0 bridgehead atoms. The van der Waals surface area contributed by atoms with Crippen molar-refractivity contribution < 1.29 is 9.52 Å². The Morgan fingerprint density at radius 1 is 1.25 bits per heavy atom. The maximum atomic E-state index is 10.5. The van der Waals surface area contributed by atoms with Crippen molar-refractivity contribution >= 4 is 29.9 Å². The van der Waals surface area contributed by atoms with Crippen LogP contribution in [-0.4, -0.2) is 24.2 Å². The molecule has 2 rings (SSSR count). The zero-order valence-corrected chi connectivity index (χ0v) is 16.7. The van der Waals surface area contributed by atoms with Gasteiger partial charge < -0.3 is 20.2 Å². The number of aliphatic imine (C=N–C) groups is 1. The van der Waals surface area contributed by atoms with Gasteiger partial charge in [-0.15, -0.1) is 24.0 Å². The summed E-state index contributed by atoms with van der Waals surface area (Å²) >= 11 is 0. The van der Waals surface area contributed by atoms with E-state index in [1.165, 1.54) is 5.56 Å². The molecule has 0 saturated carbocycles. The molecule has 5 nitrogen and oxygen atoms in total. The summed E-state index contributed by atoms with van der Waals surface area (Å²) in [6.45, 7) is 6.73. The maximum absolute atomic E-state index is 10.5. The van der Waals surface area contributed by atoms with E-state index >= 15 is 0 Å². The molecule has 2 aromatic rings. The van der Waals surface area contributed by atoms with Crippen molar-refractivity contribution in [1.29, 1.82) is 0 Å². The molecule has 0 aliphatic heterocycles. The number of hydrogen-bond donors (Lipinski definition) is 3. The maximum Gasteiger partial charge on any atom is 0.191 e. The fourth-order valence-electron chi connectivity index (χ4n) is 2.25. The zero-order chi connectivity index (χ0) is 16.7. The molecule has 0 aliphatic rings. The summed E-state index contributed by atoms with van der Waals surface area (Å²) in [5.74, 6) is 1.17. The Hall–Kier alpha value is -1.54. The Bertz CT molecular complexity index is 612. The smallest absolute Gasteiger partial charge is 0.191 e. The standard InChI is InChI=1S/C18H25N3O2.HI/c1-4-19-17(21-14(2)15-9-6-5-7-10-15)20-13-18(3,22)16-11-8-12-23-16;/h5-12,14,22H,4,13H2,1-3H3,(H2,19,20,21);1H. The highest BCUT2D eigenvalue weighted by Crippen LogP contribution is 2.21. The van der Waals surface area contributed by atoms with E-state index in [0.717, 1.165) is 6.54 Å². The molecule has 0 fully saturated rings. The zero-order valence-electron chi connectivity index (χ0n) is 14.3.